The average Bonchev–Trinajstić information content (AvgIpc) is 3.45. The maximum Gasteiger partial charge on any atom is 0.259 e. The van der Waals surface area contributed by atoms with E-state index in [1.54, 1.807) is 22.7 Å². The van der Waals surface area contributed by atoms with Crippen molar-refractivity contribution in [1.82, 2.24) is 19.6 Å². The van der Waals surface area contributed by atoms with Crippen LogP contribution in [0.3, 0.4) is 0 Å². The van der Waals surface area contributed by atoms with Gasteiger partial charge in [0, 0.05) is 11.8 Å². The lowest BCUT2D eigenvalue weighted by atomic mass is 9.71. The number of hydrogen-bond donors (Lipinski definition) is 0. The molecule has 0 radical (unpaired) electrons. The summed E-state index contributed by atoms with van der Waals surface area (Å²) in [6, 6.07) is 6.93. The van der Waals surface area contributed by atoms with Crippen LogP contribution >= 0.6 is 11.8 Å². The van der Waals surface area contributed by atoms with Crippen LogP contribution < -0.4 is 0 Å². The molecule has 6 atom stereocenters. The molecule has 6 rings (SSSR count). The van der Waals surface area contributed by atoms with Crippen molar-refractivity contribution in [3.8, 4) is 6.07 Å². The summed E-state index contributed by atoms with van der Waals surface area (Å²) in [4.78, 5) is 36.2. The van der Waals surface area contributed by atoms with Crippen LogP contribution in [0.25, 0.3) is 0 Å². The number of carbonyl (C=O) groups excluding carboxylic acids is 2. The number of ether oxygens (including phenoxy) is 1. The highest BCUT2D eigenvalue weighted by Crippen LogP contribution is 2.50. The number of thioether (sulfide) groups is 1. The molecule has 4 heterocycles. The van der Waals surface area contributed by atoms with Gasteiger partial charge in [0.25, 0.3) is 12.2 Å². The number of carbonyl (C=O) groups is 2. The Morgan fingerprint density at radius 2 is 2.09 bits per heavy atom. The van der Waals surface area contributed by atoms with Crippen molar-refractivity contribution >= 4 is 29.3 Å². The predicted molar refractivity (Wildman–Crippen MR) is 172 cm³/mol. The van der Waals surface area contributed by atoms with Gasteiger partial charge >= 0.3 is 0 Å². The molecule has 9 nitrogen and oxygen atoms in total. The molecule has 3 saturated heterocycles. The molecule has 1 aromatic rings. The van der Waals surface area contributed by atoms with Gasteiger partial charge in [0.1, 0.15) is 18.9 Å². The molecule has 1 aliphatic carbocycles. The summed E-state index contributed by atoms with van der Waals surface area (Å²) < 4.78 is 22.8. The average molecular weight is 638 g/mol. The Morgan fingerprint density at radius 3 is 2.80 bits per heavy atom. The Balaban J connectivity index is 1.37. The van der Waals surface area contributed by atoms with Crippen molar-refractivity contribution in [3.63, 3.8) is 0 Å². The van der Waals surface area contributed by atoms with Crippen molar-refractivity contribution in [1.29, 1.82) is 5.26 Å². The van der Waals surface area contributed by atoms with Crippen LogP contribution in [-0.2, 0) is 26.5 Å². The number of nitriles is 1. The third kappa shape index (κ3) is 5.84. The number of ketones is 1. The van der Waals surface area contributed by atoms with Crippen LogP contribution in [0.2, 0.25) is 0 Å². The lowest BCUT2D eigenvalue weighted by Crippen LogP contribution is -2.72. The Morgan fingerprint density at radius 1 is 1.27 bits per heavy atom. The number of piperazine rings is 1. The summed E-state index contributed by atoms with van der Waals surface area (Å²) in [6.45, 7) is 9.75. The summed E-state index contributed by atoms with van der Waals surface area (Å²) >= 11 is 1.72. The summed E-state index contributed by atoms with van der Waals surface area (Å²) in [5.74, 6) is 1.53. The van der Waals surface area contributed by atoms with E-state index in [0.29, 0.717) is 51.0 Å². The van der Waals surface area contributed by atoms with Crippen LogP contribution in [0, 0.1) is 23.1 Å². The highest BCUT2D eigenvalue weighted by Gasteiger charge is 2.60. The van der Waals surface area contributed by atoms with Crippen LogP contribution in [0.15, 0.2) is 30.9 Å². The largest absolute Gasteiger partial charge is 0.327 e. The highest BCUT2D eigenvalue weighted by molar-refractivity contribution is 8.00. The minimum Gasteiger partial charge on any atom is -0.327 e. The minimum absolute atomic E-state index is 0.0547. The third-order valence-electron chi connectivity index (χ3n) is 10.8. The molecule has 45 heavy (non-hydrogen) atoms. The number of hydrogen-bond acceptors (Lipinski definition) is 7. The molecule has 1 spiro atoms. The molecule has 4 fully saturated rings. The lowest BCUT2D eigenvalue weighted by Gasteiger charge is -2.53. The van der Waals surface area contributed by atoms with Gasteiger partial charge in [0.15, 0.2) is 5.78 Å². The van der Waals surface area contributed by atoms with E-state index in [9.17, 15) is 19.2 Å². The van der Waals surface area contributed by atoms with Gasteiger partial charge in [-0.25, -0.2) is 14.2 Å². The molecule has 0 aromatic heterocycles. The van der Waals surface area contributed by atoms with Crippen molar-refractivity contribution in [2.45, 2.75) is 80.4 Å². The fourth-order valence-electron chi connectivity index (χ4n) is 8.42. The van der Waals surface area contributed by atoms with E-state index in [2.05, 4.69) is 45.9 Å². The summed E-state index contributed by atoms with van der Waals surface area (Å²) in [6.07, 6.45) is 5.44. The summed E-state index contributed by atoms with van der Waals surface area (Å²) in [7, 11) is 4.17. The van der Waals surface area contributed by atoms with Gasteiger partial charge in [-0.2, -0.15) is 5.26 Å². The summed E-state index contributed by atoms with van der Waals surface area (Å²) in [5.41, 5.74) is 2.05. The van der Waals surface area contributed by atoms with E-state index in [0.717, 1.165) is 49.2 Å². The smallest absolute Gasteiger partial charge is 0.259 e. The van der Waals surface area contributed by atoms with E-state index < -0.39 is 17.1 Å². The van der Waals surface area contributed by atoms with Crippen LogP contribution in [0.5, 0.6) is 0 Å². The van der Waals surface area contributed by atoms with Gasteiger partial charge in [-0.05, 0) is 89.0 Å². The molecular weight excluding hydrogens is 591 g/mol. The first-order chi connectivity index (χ1) is 21.7. The molecule has 242 valence electrons. The first-order valence-electron chi connectivity index (χ1n) is 16.4. The Kier molecular flexibility index (Phi) is 9.40. The fourth-order valence-corrected chi connectivity index (χ4v) is 9.91. The van der Waals surface area contributed by atoms with E-state index in [1.165, 1.54) is 12.1 Å². The normalized spacial score (nSPS) is 34.0. The number of fused-ring (bicyclic) bond motifs is 2. The number of likely N-dealkylation sites (tertiary alicyclic amines) is 1. The number of Topliss-reactive ketones (excluding diaryl/α,β-unsaturated/α-hetero) is 1. The molecule has 0 N–H and O–H groups in total. The second-order valence-corrected chi connectivity index (χ2v) is 14.6. The van der Waals surface area contributed by atoms with Crippen molar-refractivity contribution in [2.75, 3.05) is 53.4 Å². The first kappa shape index (κ1) is 32.2. The lowest BCUT2D eigenvalue weighted by molar-refractivity contribution is -0.554. The molecule has 4 aliphatic heterocycles. The zero-order valence-corrected chi connectivity index (χ0v) is 27.6. The van der Waals surface area contributed by atoms with Crippen LogP contribution in [-0.4, -0.2) is 124 Å². The van der Waals surface area contributed by atoms with Crippen molar-refractivity contribution < 1.29 is 23.3 Å². The Bertz CT molecular complexity index is 1410. The minimum atomic E-state index is -0.607. The molecule has 5 aliphatic rings. The molecular formula is C34H46FN6O3S+. The van der Waals surface area contributed by atoms with Gasteiger partial charge < -0.3 is 14.5 Å². The van der Waals surface area contributed by atoms with E-state index >= 15 is 0 Å². The predicted octanol–water partition coefficient (Wildman–Crippen LogP) is 3.08. The number of amidine groups is 1. The molecule has 1 amide bonds. The number of amides is 1. The third-order valence-corrected chi connectivity index (χ3v) is 12.4. The first-order valence-corrected chi connectivity index (χ1v) is 17.4. The molecule has 0 bridgehead atoms. The topological polar surface area (TPSA) is 83.1 Å². The monoisotopic (exact) mass is 637 g/mol. The van der Waals surface area contributed by atoms with Gasteiger partial charge in [-0.15, -0.1) is 11.8 Å². The Labute approximate surface area is 270 Å². The van der Waals surface area contributed by atoms with Crippen molar-refractivity contribution in [3.05, 3.63) is 47.8 Å². The van der Waals surface area contributed by atoms with Gasteiger partial charge in [0.2, 0.25) is 5.91 Å². The molecule has 1 aromatic carbocycles. The maximum absolute atomic E-state index is 14.9. The zero-order chi connectivity index (χ0) is 31.9. The quantitative estimate of drug-likeness (QED) is 0.348. The van der Waals surface area contributed by atoms with E-state index in [4.69, 9.17) is 4.74 Å². The summed E-state index contributed by atoms with van der Waals surface area (Å²) in [5, 5.41) is 9.66. The second kappa shape index (κ2) is 13.1. The van der Waals surface area contributed by atoms with Gasteiger partial charge in [-0.1, -0.05) is 12.6 Å². The SMILES string of the molecule is C=CC(=O)N1CC[N+](=C2C3CC[C@]4(Cc5cc(F)ccc5CS4)C(=O)C3N(C)C(OCC3CCCN3C)N2CC)CC1CC#N. The van der Waals surface area contributed by atoms with E-state index in [1.807, 2.05) is 13.1 Å². The van der Waals surface area contributed by atoms with Crippen LogP contribution in [0.1, 0.15) is 50.2 Å². The number of nitrogens with zero attached hydrogens (tertiary/aromatic N) is 6. The van der Waals surface area contributed by atoms with Gasteiger partial charge in [0.05, 0.1) is 54.9 Å². The Hall–Kier alpha value is -2.78. The highest BCUT2D eigenvalue weighted by atomic mass is 32.2. The van der Waals surface area contributed by atoms with Crippen molar-refractivity contribution in [2.24, 2.45) is 5.92 Å². The molecule has 1 saturated carbocycles. The van der Waals surface area contributed by atoms with Gasteiger partial charge in [-0.3, -0.25) is 14.2 Å². The maximum atomic E-state index is 14.9. The number of likely N-dealkylation sites (N-methyl/N-ethyl adjacent to an activating group) is 2. The number of benzene rings is 1. The molecule has 5 unspecified atom stereocenters. The molecule has 11 heteroatoms. The zero-order valence-electron chi connectivity index (χ0n) is 26.8. The standard InChI is InChI=1S/C34H46FN6O3S/c1-5-29(42)41-17-16-39(20-26(41)12-14-36)32-28-11-13-34(19-24-18-25(35)10-9-23(24)22-45-34)31(43)30(28)38(4)33(40(32)6-2)44-21-27-8-7-15-37(27)3/h5,9-10,18,26-28,30,33H,1,6-8,11-13,15-17,19-22H2,2-4H3/q+1/t26?,27?,28?,30?,33?,34-/m0/s1. The number of halogens is 1. The van der Waals surface area contributed by atoms with E-state index in [-0.39, 0.29) is 35.9 Å². The fraction of sp³-hybridized carbons (Fsp3) is 0.647. The second-order valence-electron chi connectivity index (χ2n) is 13.3. The number of rotatable bonds is 6. The van der Waals surface area contributed by atoms with Crippen LogP contribution in [0.4, 0.5) is 4.39 Å².